The molecular formula is C64H56N2S2. The highest BCUT2D eigenvalue weighted by atomic mass is 32.1. The lowest BCUT2D eigenvalue weighted by Gasteiger charge is -2.31. The van der Waals surface area contributed by atoms with Crippen molar-refractivity contribution in [1.29, 1.82) is 0 Å². The van der Waals surface area contributed by atoms with Crippen LogP contribution < -0.4 is 9.80 Å². The van der Waals surface area contributed by atoms with E-state index in [1.165, 1.54) is 118 Å². The minimum absolute atomic E-state index is 0.293. The molecule has 334 valence electrons. The zero-order valence-electron chi connectivity index (χ0n) is 40.2. The van der Waals surface area contributed by atoms with E-state index in [2.05, 4.69) is 235 Å². The summed E-state index contributed by atoms with van der Waals surface area (Å²) in [6, 6.07) is 65.1. The molecule has 0 atom stereocenters. The highest BCUT2D eigenvalue weighted by Gasteiger charge is 2.28. The molecule has 0 saturated carbocycles. The number of benzene rings is 10. The van der Waals surface area contributed by atoms with Crippen molar-refractivity contribution in [2.45, 2.75) is 79.1 Å². The Morgan fingerprint density at radius 2 is 0.691 bits per heavy atom. The minimum Gasteiger partial charge on any atom is -0.308 e. The van der Waals surface area contributed by atoms with Crippen LogP contribution in [0.1, 0.15) is 101 Å². The Balaban J connectivity index is 1.20. The highest BCUT2D eigenvalue weighted by molar-refractivity contribution is 7.26. The molecule has 0 fully saturated rings. The standard InChI is InChI=1S/C64H56N2S2/c1-37(2)41-23-27-43(28-24-41)65(57-19-13-17-49-45-15-9-11-21-59(45)67-63(49)57)55-33-31-47-52(40(7)8)36-54-56(34-32-48-51(39(5)6)35-53(55)61(47)62(48)54)66(44-29-25-42(26-30-44)38(3)4)58-20-14-18-50-46-16-10-12-22-60(46)68-64(50)58/h9-40H,1-8H3. The van der Waals surface area contributed by atoms with Gasteiger partial charge in [0.1, 0.15) is 0 Å². The topological polar surface area (TPSA) is 6.48 Å². The number of nitrogens with zero attached hydrogens (tertiary/aromatic N) is 2. The van der Waals surface area contributed by atoms with Gasteiger partial charge in [0.05, 0.1) is 32.1 Å². The molecule has 2 nitrogen and oxygen atoms in total. The molecule has 0 radical (unpaired) electrons. The van der Waals surface area contributed by atoms with Gasteiger partial charge in [-0.05, 0) is 140 Å². The van der Waals surface area contributed by atoms with Crippen LogP contribution in [0.3, 0.4) is 0 Å². The summed E-state index contributed by atoms with van der Waals surface area (Å²) >= 11 is 3.80. The van der Waals surface area contributed by atoms with Gasteiger partial charge >= 0.3 is 0 Å². The van der Waals surface area contributed by atoms with Crippen LogP contribution in [0.15, 0.2) is 170 Å². The third kappa shape index (κ3) is 6.71. The van der Waals surface area contributed by atoms with Crippen molar-refractivity contribution in [3.8, 4) is 0 Å². The maximum Gasteiger partial charge on any atom is 0.0640 e. The van der Waals surface area contributed by atoms with E-state index in [-0.39, 0.29) is 0 Å². The summed E-state index contributed by atoms with van der Waals surface area (Å²) in [5.41, 5.74) is 12.6. The fraction of sp³-hybridized carbons (Fsp3) is 0.188. The van der Waals surface area contributed by atoms with Crippen molar-refractivity contribution >= 4 is 129 Å². The first-order valence-electron chi connectivity index (χ1n) is 24.4. The summed E-state index contributed by atoms with van der Waals surface area (Å²) in [5.74, 6) is 1.46. The summed E-state index contributed by atoms with van der Waals surface area (Å²) in [5, 5.41) is 13.1. The molecule has 0 aliphatic heterocycles. The first-order chi connectivity index (χ1) is 33.0. The third-order valence-corrected chi connectivity index (χ3v) is 16.9. The molecule has 4 heteroatoms. The van der Waals surface area contributed by atoms with Crippen LogP contribution in [-0.4, -0.2) is 0 Å². The second-order valence-electron chi connectivity index (χ2n) is 20.0. The van der Waals surface area contributed by atoms with Gasteiger partial charge in [-0.3, -0.25) is 0 Å². The van der Waals surface area contributed by atoms with E-state index in [0.717, 1.165) is 11.4 Å². The van der Waals surface area contributed by atoms with Crippen LogP contribution in [-0.2, 0) is 0 Å². The molecule has 0 bridgehead atoms. The molecule has 0 spiro atoms. The van der Waals surface area contributed by atoms with Gasteiger partial charge in [-0.2, -0.15) is 0 Å². The van der Waals surface area contributed by atoms with Crippen LogP contribution >= 0.6 is 22.7 Å². The Hall–Kier alpha value is -6.72. The lowest BCUT2D eigenvalue weighted by Crippen LogP contribution is -2.13. The van der Waals surface area contributed by atoms with Gasteiger partial charge in [0, 0.05) is 53.1 Å². The monoisotopic (exact) mass is 916 g/mol. The SMILES string of the molecule is CC(C)c1ccc(N(c2ccc3c(C(C)C)cc4c(N(c5ccc(C(C)C)cc5)c5cccc6c5sc5ccccc56)ccc5c(C(C)C)cc2c3c54)c2cccc3c2sc2ccccc23)cc1. The average molecular weight is 917 g/mol. The molecule has 12 aromatic rings. The van der Waals surface area contributed by atoms with E-state index >= 15 is 0 Å². The van der Waals surface area contributed by atoms with E-state index in [1.54, 1.807) is 0 Å². The first kappa shape index (κ1) is 42.6. The van der Waals surface area contributed by atoms with Crippen molar-refractivity contribution in [2.24, 2.45) is 0 Å². The van der Waals surface area contributed by atoms with Crippen molar-refractivity contribution < 1.29 is 0 Å². The molecule has 0 saturated heterocycles. The molecular weight excluding hydrogens is 861 g/mol. The lowest BCUT2D eigenvalue weighted by atomic mass is 9.83. The molecule has 0 amide bonds. The van der Waals surface area contributed by atoms with Crippen molar-refractivity contribution in [1.82, 2.24) is 0 Å². The predicted octanol–water partition coefficient (Wildman–Crippen LogP) is 20.8. The van der Waals surface area contributed by atoms with Crippen LogP contribution in [0.4, 0.5) is 34.1 Å². The van der Waals surface area contributed by atoms with Crippen molar-refractivity contribution in [3.63, 3.8) is 0 Å². The van der Waals surface area contributed by atoms with Gasteiger partial charge in [0.2, 0.25) is 0 Å². The number of hydrogen-bond donors (Lipinski definition) is 0. The van der Waals surface area contributed by atoms with E-state index in [9.17, 15) is 0 Å². The van der Waals surface area contributed by atoms with Gasteiger partial charge in [-0.1, -0.05) is 152 Å². The molecule has 2 heterocycles. The summed E-state index contributed by atoms with van der Waals surface area (Å²) in [4.78, 5) is 5.14. The Kier molecular flexibility index (Phi) is 10.3. The summed E-state index contributed by atoms with van der Waals surface area (Å²) in [7, 11) is 0. The smallest absolute Gasteiger partial charge is 0.0640 e. The highest BCUT2D eigenvalue weighted by Crippen LogP contribution is 2.54. The minimum atomic E-state index is 0.293. The molecule has 2 aromatic heterocycles. The van der Waals surface area contributed by atoms with Gasteiger partial charge < -0.3 is 9.80 Å². The number of rotatable bonds is 10. The number of fused-ring (bicyclic) bond motifs is 6. The van der Waals surface area contributed by atoms with Crippen molar-refractivity contribution in [2.75, 3.05) is 9.80 Å². The van der Waals surface area contributed by atoms with Crippen LogP contribution in [0.25, 0.3) is 72.7 Å². The van der Waals surface area contributed by atoms with Crippen LogP contribution in [0, 0.1) is 0 Å². The summed E-state index contributed by atoms with van der Waals surface area (Å²) < 4.78 is 5.23. The molecule has 12 rings (SSSR count). The Labute approximate surface area is 408 Å². The molecule has 0 unspecified atom stereocenters. The predicted molar refractivity (Wildman–Crippen MR) is 302 cm³/mol. The zero-order chi connectivity index (χ0) is 46.5. The number of hydrogen-bond acceptors (Lipinski definition) is 4. The largest absolute Gasteiger partial charge is 0.308 e. The Morgan fingerprint density at radius 1 is 0.309 bits per heavy atom. The average Bonchev–Trinajstić information content (AvgIpc) is 3.93. The normalized spacial score (nSPS) is 12.4. The number of thiophene rings is 2. The second kappa shape index (κ2) is 16.5. The molecule has 0 aliphatic rings. The first-order valence-corrected chi connectivity index (χ1v) is 26.1. The lowest BCUT2D eigenvalue weighted by molar-refractivity contribution is 0.866. The van der Waals surface area contributed by atoms with Crippen LogP contribution in [0.5, 0.6) is 0 Å². The maximum atomic E-state index is 2.57. The summed E-state index contributed by atoms with van der Waals surface area (Å²) in [6.45, 7) is 18.6. The van der Waals surface area contributed by atoms with Gasteiger partial charge in [-0.15, -0.1) is 22.7 Å². The van der Waals surface area contributed by atoms with E-state index in [0.29, 0.717) is 23.7 Å². The van der Waals surface area contributed by atoms with Gasteiger partial charge in [-0.25, -0.2) is 0 Å². The van der Waals surface area contributed by atoms with E-state index in [1.807, 2.05) is 22.7 Å². The van der Waals surface area contributed by atoms with E-state index in [4.69, 9.17) is 0 Å². The molecule has 0 aliphatic carbocycles. The second-order valence-corrected chi connectivity index (χ2v) is 22.1. The van der Waals surface area contributed by atoms with Crippen molar-refractivity contribution in [3.05, 3.63) is 192 Å². The van der Waals surface area contributed by atoms with E-state index < -0.39 is 0 Å². The third-order valence-electron chi connectivity index (χ3n) is 14.5. The molecule has 0 N–H and O–H groups in total. The Bertz CT molecular complexity index is 3610. The summed E-state index contributed by atoms with van der Waals surface area (Å²) in [6.07, 6.45) is 0. The number of anilines is 6. The fourth-order valence-corrected chi connectivity index (χ4v) is 13.4. The molecule has 68 heavy (non-hydrogen) atoms. The van der Waals surface area contributed by atoms with Gasteiger partial charge in [0.15, 0.2) is 0 Å². The fourth-order valence-electron chi connectivity index (χ4n) is 11.0. The Morgan fingerprint density at radius 3 is 1.07 bits per heavy atom. The maximum absolute atomic E-state index is 2.57. The zero-order valence-corrected chi connectivity index (χ0v) is 41.8. The molecule has 10 aromatic carbocycles. The quantitative estimate of drug-likeness (QED) is 0.126. The van der Waals surface area contributed by atoms with Gasteiger partial charge in [0.25, 0.3) is 0 Å². The van der Waals surface area contributed by atoms with Crippen LogP contribution in [0.2, 0.25) is 0 Å².